The van der Waals surface area contributed by atoms with E-state index in [1.807, 2.05) is 13.8 Å². The average molecular weight is 220 g/mol. The molecule has 0 saturated heterocycles. The van der Waals surface area contributed by atoms with Crippen LogP contribution in [0.15, 0.2) is 23.0 Å². The fourth-order valence-corrected chi connectivity index (χ4v) is 1.78. The van der Waals surface area contributed by atoms with Gasteiger partial charge in [-0.2, -0.15) is 0 Å². The zero-order valence-corrected chi connectivity index (χ0v) is 9.02. The number of nitrogens with zero attached hydrogens (tertiary/aromatic N) is 1. The number of carbonyl (C=O) groups is 1. The molecule has 0 amide bonds. The Morgan fingerprint density at radius 2 is 2.12 bits per heavy atom. The number of hydrogen-bond donors (Lipinski definition) is 2. The molecule has 0 bridgehead atoms. The number of benzene rings is 1. The zero-order chi connectivity index (χ0) is 11.9. The van der Waals surface area contributed by atoms with Crippen molar-refractivity contribution in [1.29, 1.82) is 0 Å². The van der Waals surface area contributed by atoms with Gasteiger partial charge >= 0.3 is 11.7 Å². The van der Waals surface area contributed by atoms with Crippen LogP contribution in [0.1, 0.15) is 30.2 Å². The van der Waals surface area contributed by atoms with Gasteiger partial charge in [-0.15, -0.1) is 0 Å². The van der Waals surface area contributed by atoms with Crippen molar-refractivity contribution in [2.75, 3.05) is 0 Å². The van der Waals surface area contributed by atoms with Gasteiger partial charge in [0, 0.05) is 6.04 Å². The van der Waals surface area contributed by atoms with Gasteiger partial charge in [-0.25, -0.2) is 9.59 Å². The minimum Gasteiger partial charge on any atom is -0.478 e. The SMILES string of the molecule is CC(C)n1c(=O)[nH]c2cc(C(=O)O)ccc21. The molecule has 5 heteroatoms. The fourth-order valence-electron chi connectivity index (χ4n) is 1.78. The predicted octanol–water partition coefficient (Wildman–Crippen LogP) is 1.61. The molecule has 1 aromatic heterocycles. The lowest BCUT2D eigenvalue weighted by molar-refractivity contribution is 0.0697. The van der Waals surface area contributed by atoms with Crippen LogP contribution in [0.5, 0.6) is 0 Å². The third-order valence-corrected chi connectivity index (χ3v) is 2.48. The molecule has 1 heterocycles. The van der Waals surface area contributed by atoms with Crippen LogP contribution in [0.25, 0.3) is 11.0 Å². The van der Waals surface area contributed by atoms with Crippen molar-refractivity contribution in [1.82, 2.24) is 9.55 Å². The molecule has 0 fully saturated rings. The van der Waals surface area contributed by atoms with Crippen LogP contribution >= 0.6 is 0 Å². The van der Waals surface area contributed by atoms with Crippen molar-refractivity contribution in [3.8, 4) is 0 Å². The molecule has 84 valence electrons. The first-order chi connectivity index (χ1) is 7.50. The Labute approximate surface area is 91.3 Å². The molecule has 0 radical (unpaired) electrons. The second-order valence-electron chi connectivity index (χ2n) is 3.93. The molecule has 0 unspecified atom stereocenters. The molecule has 2 aromatic rings. The summed E-state index contributed by atoms with van der Waals surface area (Å²) >= 11 is 0. The first-order valence-electron chi connectivity index (χ1n) is 4.98. The third-order valence-electron chi connectivity index (χ3n) is 2.48. The van der Waals surface area contributed by atoms with Gasteiger partial charge in [-0.3, -0.25) is 4.57 Å². The van der Waals surface area contributed by atoms with Crippen LogP contribution in [0.3, 0.4) is 0 Å². The van der Waals surface area contributed by atoms with Gasteiger partial charge in [0.1, 0.15) is 0 Å². The lowest BCUT2D eigenvalue weighted by Crippen LogP contribution is -2.18. The van der Waals surface area contributed by atoms with E-state index in [9.17, 15) is 9.59 Å². The van der Waals surface area contributed by atoms with Crippen molar-refractivity contribution >= 4 is 17.0 Å². The second-order valence-corrected chi connectivity index (χ2v) is 3.93. The molecular weight excluding hydrogens is 208 g/mol. The van der Waals surface area contributed by atoms with Crippen LogP contribution in [-0.4, -0.2) is 20.6 Å². The highest BCUT2D eigenvalue weighted by Gasteiger charge is 2.11. The average Bonchev–Trinajstić information content (AvgIpc) is 2.51. The molecule has 0 saturated carbocycles. The number of nitrogens with one attached hydrogen (secondary N) is 1. The minimum atomic E-state index is -1.000. The van der Waals surface area contributed by atoms with Crippen molar-refractivity contribution < 1.29 is 9.90 Å². The van der Waals surface area contributed by atoms with Crippen LogP contribution < -0.4 is 5.69 Å². The van der Waals surface area contributed by atoms with Gasteiger partial charge in [-0.05, 0) is 32.0 Å². The Morgan fingerprint density at radius 1 is 1.44 bits per heavy atom. The van der Waals surface area contributed by atoms with E-state index in [1.165, 1.54) is 12.1 Å². The lowest BCUT2D eigenvalue weighted by atomic mass is 10.2. The topological polar surface area (TPSA) is 75.1 Å². The second kappa shape index (κ2) is 3.52. The number of imidazole rings is 1. The number of hydrogen-bond acceptors (Lipinski definition) is 2. The first-order valence-corrected chi connectivity index (χ1v) is 4.98. The number of fused-ring (bicyclic) bond motifs is 1. The largest absolute Gasteiger partial charge is 0.478 e. The fraction of sp³-hybridized carbons (Fsp3) is 0.273. The number of rotatable bonds is 2. The lowest BCUT2D eigenvalue weighted by Gasteiger charge is -2.06. The Morgan fingerprint density at radius 3 is 2.69 bits per heavy atom. The van der Waals surface area contributed by atoms with Crippen molar-refractivity contribution in [2.24, 2.45) is 0 Å². The van der Waals surface area contributed by atoms with E-state index >= 15 is 0 Å². The maximum Gasteiger partial charge on any atom is 0.335 e. The monoisotopic (exact) mass is 220 g/mol. The normalized spacial score (nSPS) is 11.2. The van der Waals surface area contributed by atoms with Gasteiger partial charge in [0.05, 0.1) is 16.6 Å². The summed E-state index contributed by atoms with van der Waals surface area (Å²) in [6, 6.07) is 4.66. The van der Waals surface area contributed by atoms with Crippen LogP contribution in [0, 0.1) is 0 Å². The number of carboxylic acids is 1. The van der Waals surface area contributed by atoms with Gasteiger partial charge in [0.2, 0.25) is 0 Å². The van der Waals surface area contributed by atoms with Crippen molar-refractivity contribution in [3.05, 3.63) is 34.2 Å². The summed E-state index contributed by atoms with van der Waals surface area (Å²) in [5, 5.41) is 8.83. The highest BCUT2D eigenvalue weighted by Crippen LogP contribution is 2.16. The summed E-state index contributed by atoms with van der Waals surface area (Å²) in [7, 11) is 0. The number of aromatic nitrogens is 2. The maximum atomic E-state index is 11.6. The van der Waals surface area contributed by atoms with Crippen molar-refractivity contribution in [3.63, 3.8) is 0 Å². The number of aromatic amines is 1. The molecule has 1 aromatic carbocycles. The van der Waals surface area contributed by atoms with E-state index in [1.54, 1.807) is 10.6 Å². The first kappa shape index (κ1) is 10.5. The van der Waals surface area contributed by atoms with E-state index in [-0.39, 0.29) is 17.3 Å². The van der Waals surface area contributed by atoms with Gasteiger partial charge in [0.25, 0.3) is 0 Å². The van der Waals surface area contributed by atoms with E-state index in [4.69, 9.17) is 5.11 Å². The Kier molecular flexibility index (Phi) is 2.30. The molecule has 0 aliphatic rings. The summed E-state index contributed by atoms with van der Waals surface area (Å²) in [4.78, 5) is 25.0. The summed E-state index contributed by atoms with van der Waals surface area (Å²) in [5.74, 6) is -1.000. The molecule has 2 N–H and O–H groups in total. The molecule has 0 aliphatic heterocycles. The van der Waals surface area contributed by atoms with E-state index in [0.717, 1.165) is 5.52 Å². The number of aromatic carboxylic acids is 1. The molecule has 0 aliphatic carbocycles. The van der Waals surface area contributed by atoms with Gasteiger partial charge < -0.3 is 10.1 Å². The maximum absolute atomic E-state index is 11.6. The van der Waals surface area contributed by atoms with Crippen LogP contribution in [0.2, 0.25) is 0 Å². The molecule has 0 spiro atoms. The van der Waals surface area contributed by atoms with E-state index in [0.29, 0.717) is 5.52 Å². The van der Waals surface area contributed by atoms with E-state index in [2.05, 4.69) is 4.98 Å². The van der Waals surface area contributed by atoms with E-state index < -0.39 is 5.97 Å². The Hall–Kier alpha value is -2.04. The van der Waals surface area contributed by atoms with Crippen LogP contribution in [-0.2, 0) is 0 Å². The quantitative estimate of drug-likeness (QED) is 0.807. The minimum absolute atomic E-state index is 0.0388. The standard InChI is InChI=1S/C11H12N2O3/c1-6(2)13-9-4-3-7(10(14)15)5-8(9)12-11(13)16/h3-6H,1-2H3,(H,12,16)(H,14,15). The molecule has 2 rings (SSSR count). The third kappa shape index (κ3) is 1.50. The molecular formula is C11H12N2O3. The van der Waals surface area contributed by atoms with Crippen molar-refractivity contribution in [2.45, 2.75) is 19.9 Å². The summed E-state index contributed by atoms with van der Waals surface area (Å²) in [6.45, 7) is 3.81. The van der Waals surface area contributed by atoms with Gasteiger partial charge in [0.15, 0.2) is 0 Å². The Balaban J connectivity index is 2.75. The van der Waals surface area contributed by atoms with Crippen LogP contribution in [0.4, 0.5) is 0 Å². The highest BCUT2D eigenvalue weighted by molar-refractivity contribution is 5.92. The summed E-state index contributed by atoms with van der Waals surface area (Å²) in [6.07, 6.45) is 0. The highest BCUT2D eigenvalue weighted by atomic mass is 16.4. The molecule has 16 heavy (non-hydrogen) atoms. The smallest absolute Gasteiger partial charge is 0.335 e. The van der Waals surface area contributed by atoms with Gasteiger partial charge in [-0.1, -0.05) is 0 Å². The molecule has 0 atom stereocenters. The zero-order valence-electron chi connectivity index (χ0n) is 9.02. The number of H-pyrrole nitrogens is 1. The number of carboxylic acid groups (broad SMARTS) is 1. The Bertz CT molecular complexity index is 607. The summed E-state index contributed by atoms with van der Waals surface area (Å²) in [5.41, 5.74) is 1.24. The predicted molar refractivity (Wildman–Crippen MR) is 59.9 cm³/mol. The summed E-state index contributed by atoms with van der Waals surface area (Å²) < 4.78 is 1.60. The molecule has 5 nitrogen and oxygen atoms in total.